The molecule has 2 aliphatic heterocycles. The van der Waals surface area contributed by atoms with E-state index in [-0.39, 0.29) is 38.3 Å². The Morgan fingerprint density at radius 1 is 0.934 bits per heavy atom. The highest BCUT2D eigenvalue weighted by Crippen LogP contribution is 2.41. The number of carbonyl (C=O) groups is 3. The van der Waals surface area contributed by atoms with Gasteiger partial charge >= 0.3 is 5.97 Å². The lowest BCUT2D eigenvalue weighted by molar-refractivity contribution is -0.142. The highest BCUT2D eigenvalue weighted by atomic mass is 35.5. The number of nitrogens with one attached hydrogen (secondary N) is 1. The molecule has 0 radical (unpaired) electrons. The number of carbonyl (C=O) groups excluding carboxylic acids is 2. The number of hydrogen-bond donors (Lipinski definition) is 2. The summed E-state index contributed by atoms with van der Waals surface area (Å²) in [5, 5.41) is 14.2. The second-order valence-electron chi connectivity index (χ2n) is 15.2. The van der Waals surface area contributed by atoms with Crippen LogP contribution in [0.2, 0.25) is 10.0 Å². The predicted octanol–water partition coefficient (Wildman–Crippen LogP) is 8.75. The lowest BCUT2D eigenvalue weighted by atomic mass is 9.91. The van der Waals surface area contributed by atoms with Gasteiger partial charge in [0.05, 0.1) is 0 Å². The number of pyridine rings is 1. The van der Waals surface area contributed by atoms with Crippen LogP contribution in [0, 0.1) is 27.7 Å². The normalized spacial score (nSPS) is 16.1. The van der Waals surface area contributed by atoms with Crippen LogP contribution < -0.4 is 19.5 Å². The molecule has 2 N–H and O–H groups in total. The topological polar surface area (TPSA) is 153 Å². The van der Waals surface area contributed by atoms with E-state index in [9.17, 15) is 19.5 Å². The van der Waals surface area contributed by atoms with Crippen molar-refractivity contribution in [2.75, 3.05) is 6.61 Å². The van der Waals surface area contributed by atoms with Gasteiger partial charge in [0.2, 0.25) is 5.91 Å². The first-order valence-corrected chi connectivity index (χ1v) is 20.5. The number of carboxylic acids is 1. The van der Waals surface area contributed by atoms with E-state index in [1.165, 1.54) is 4.90 Å². The highest BCUT2D eigenvalue weighted by Gasteiger charge is 2.39. The van der Waals surface area contributed by atoms with Gasteiger partial charge in [-0.15, -0.1) is 0 Å². The van der Waals surface area contributed by atoms with Crippen molar-refractivity contribution >= 4 is 41.0 Å². The van der Waals surface area contributed by atoms with Crippen LogP contribution >= 0.6 is 23.2 Å². The van der Waals surface area contributed by atoms with Gasteiger partial charge < -0.3 is 34.0 Å². The molecule has 0 saturated carbocycles. The van der Waals surface area contributed by atoms with E-state index < -0.39 is 36.0 Å². The minimum absolute atomic E-state index is 0.0225. The first kappa shape index (κ1) is 41.4. The van der Waals surface area contributed by atoms with Gasteiger partial charge in [0.15, 0.2) is 29.2 Å². The largest absolute Gasteiger partial charge is 0.489 e. The number of aromatic nitrogens is 2. The summed E-state index contributed by atoms with van der Waals surface area (Å²) in [4.78, 5) is 51.1. The molecule has 0 spiro atoms. The van der Waals surface area contributed by atoms with E-state index in [0.717, 1.165) is 50.2 Å². The Morgan fingerprint density at radius 2 is 1.69 bits per heavy atom. The van der Waals surface area contributed by atoms with Crippen LogP contribution in [0.4, 0.5) is 0 Å². The fourth-order valence-corrected chi connectivity index (χ4v) is 8.06. The summed E-state index contributed by atoms with van der Waals surface area (Å²) < 4.78 is 24.2. The van der Waals surface area contributed by atoms with Gasteiger partial charge in [-0.25, -0.2) is 9.78 Å². The third-order valence-corrected chi connectivity index (χ3v) is 11.8. The van der Waals surface area contributed by atoms with Gasteiger partial charge in [-0.1, -0.05) is 59.6 Å². The van der Waals surface area contributed by atoms with Crippen LogP contribution in [-0.2, 0) is 35.6 Å². The van der Waals surface area contributed by atoms with Crippen LogP contribution in [0.3, 0.4) is 0 Å². The van der Waals surface area contributed by atoms with Gasteiger partial charge in [0.25, 0.3) is 5.91 Å². The van der Waals surface area contributed by atoms with E-state index in [2.05, 4.69) is 15.3 Å². The summed E-state index contributed by atoms with van der Waals surface area (Å²) >= 11 is 12.4. The number of amides is 2. The molecule has 312 valence electrons. The van der Waals surface area contributed by atoms with Gasteiger partial charge in [-0.2, -0.15) is 0 Å². The van der Waals surface area contributed by atoms with Crippen molar-refractivity contribution in [3.05, 3.63) is 158 Å². The molecule has 61 heavy (non-hydrogen) atoms. The maximum absolute atomic E-state index is 14.2. The number of fused-ring (bicyclic) bond motifs is 2. The van der Waals surface area contributed by atoms with Gasteiger partial charge in [0.1, 0.15) is 36.8 Å². The van der Waals surface area contributed by atoms with Gasteiger partial charge in [-0.05, 0) is 108 Å². The Morgan fingerprint density at radius 3 is 2.41 bits per heavy atom. The molecule has 0 bridgehead atoms. The Balaban J connectivity index is 0.996. The molecular formula is C47H42Cl2N4O8. The molecule has 14 heteroatoms. The number of carboxylic acid groups (broad SMARTS) is 1. The third-order valence-electron chi connectivity index (χ3n) is 11.2. The van der Waals surface area contributed by atoms with Crippen LogP contribution in [0.1, 0.15) is 67.3 Å². The predicted molar refractivity (Wildman–Crippen MR) is 228 cm³/mol. The molecule has 8 rings (SSSR count). The number of nitrogens with zero attached hydrogens (tertiary/aromatic N) is 3. The van der Waals surface area contributed by atoms with Crippen molar-refractivity contribution in [2.24, 2.45) is 0 Å². The van der Waals surface area contributed by atoms with E-state index in [4.69, 9.17) is 41.8 Å². The summed E-state index contributed by atoms with van der Waals surface area (Å²) in [5.41, 5.74) is 7.95. The molecule has 0 fully saturated rings. The van der Waals surface area contributed by atoms with Crippen molar-refractivity contribution in [3.63, 3.8) is 0 Å². The number of halogens is 2. The van der Waals surface area contributed by atoms with Crippen molar-refractivity contribution in [2.45, 2.75) is 71.9 Å². The zero-order chi connectivity index (χ0) is 42.9. The molecule has 2 amide bonds. The quantitative estimate of drug-likeness (QED) is 0.129. The zero-order valence-corrected chi connectivity index (χ0v) is 35.3. The monoisotopic (exact) mass is 860 g/mol. The van der Waals surface area contributed by atoms with Crippen molar-refractivity contribution < 1.29 is 38.1 Å². The average Bonchev–Trinajstić information content (AvgIpc) is 3.60. The van der Waals surface area contributed by atoms with E-state index in [1.807, 2.05) is 80.6 Å². The molecule has 3 atom stereocenters. The van der Waals surface area contributed by atoms with E-state index in [0.29, 0.717) is 38.9 Å². The van der Waals surface area contributed by atoms with Crippen molar-refractivity contribution in [1.29, 1.82) is 0 Å². The Hall–Kier alpha value is -6.37. The maximum Gasteiger partial charge on any atom is 0.326 e. The number of hydrogen-bond acceptors (Lipinski definition) is 9. The lowest BCUT2D eigenvalue weighted by Gasteiger charge is -2.37. The average molecular weight is 862 g/mol. The zero-order valence-electron chi connectivity index (χ0n) is 33.8. The van der Waals surface area contributed by atoms with Gasteiger partial charge in [0, 0.05) is 53.8 Å². The summed E-state index contributed by atoms with van der Waals surface area (Å²) in [7, 11) is 0. The number of benzene rings is 4. The molecule has 2 aromatic heterocycles. The minimum atomic E-state index is -1.27. The van der Waals surface area contributed by atoms with Crippen LogP contribution in [0.15, 0.2) is 95.5 Å². The van der Waals surface area contributed by atoms with Crippen molar-refractivity contribution in [3.8, 4) is 28.4 Å². The highest BCUT2D eigenvalue weighted by molar-refractivity contribution is 6.33. The SMILES string of the molecule is Cc1nc(C(=O)N2Cc3cc4c(cc3C[C@H]2C(=O)NC(Cc2ccc(-c3ccnc(C)c3C)cc2)C(=O)O)OC[C@H](c2ccc(OCc3cc(Cl)ccc3Cl)cc2)O4)c(C)o1. The van der Waals surface area contributed by atoms with E-state index in [1.54, 1.807) is 38.2 Å². The molecule has 6 aromatic rings. The summed E-state index contributed by atoms with van der Waals surface area (Å²) in [6.45, 7) is 7.74. The number of oxazole rings is 1. The number of rotatable bonds is 11. The minimum Gasteiger partial charge on any atom is -0.489 e. The third kappa shape index (κ3) is 8.92. The molecule has 0 aliphatic carbocycles. The smallest absolute Gasteiger partial charge is 0.326 e. The summed E-state index contributed by atoms with van der Waals surface area (Å²) in [6.07, 6.45) is 1.45. The number of aliphatic carboxylic acids is 1. The summed E-state index contributed by atoms with van der Waals surface area (Å²) in [6, 6.07) is 23.6. The molecule has 0 saturated heterocycles. The first-order valence-electron chi connectivity index (χ1n) is 19.7. The van der Waals surface area contributed by atoms with Gasteiger partial charge in [-0.3, -0.25) is 14.6 Å². The molecule has 2 aliphatic rings. The Bertz CT molecular complexity index is 2650. The second-order valence-corrected chi connectivity index (χ2v) is 16.1. The Labute approximate surface area is 362 Å². The first-order chi connectivity index (χ1) is 29.3. The van der Waals surface area contributed by atoms with Crippen LogP contribution in [0.5, 0.6) is 17.2 Å². The van der Waals surface area contributed by atoms with Crippen LogP contribution in [0.25, 0.3) is 11.1 Å². The number of aryl methyl sites for hydroxylation is 3. The van der Waals surface area contributed by atoms with Crippen molar-refractivity contribution in [1.82, 2.24) is 20.2 Å². The number of ether oxygens (including phenoxy) is 3. The molecule has 4 heterocycles. The molecular weight excluding hydrogens is 819 g/mol. The fourth-order valence-electron chi connectivity index (χ4n) is 7.70. The second kappa shape index (κ2) is 17.3. The fraction of sp³-hybridized carbons (Fsp3) is 0.255. The molecule has 4 aromatic carbocycles. The van der Waals surface area contributed by atoms with E-state index >= 15 is 0 Å². The molecule has 12 nitrogen and oxygen atoms in total. The standard InChI is InChI=1S/C47H42Cl2N4O8/c1-25-26(2)50-16-15-37(25)30-7-5-29(6-8-30)17-39(47(56)57)52-45(54)40-19-32-20-41-42(21-33(32)22-53(40)46(55)44-27(3)60-28(4)51-44)61-43(24-59-41)31-9-12-36(13-10-31)58-23-34-18-35(48)11-14-38(34)49/h5-16,18,20-21,39-40,43H,17,19,22-24H2,1-4H3,(H,52,54)(H,56,57)/t39?,40-,43+/m0/s1. The van der Waals surface area contributed by atoms with Crippen LogP contribution in [-0.4, -0.2) is 56.4 Å². The molecule has 1 unspecified atom stereocenters. The Kier molecular flexibility index (Phi) is 11.7. The summed E-state index contributed by atoms with van der Waals surface area (Å²) in [5.74, 6) is -0.0811. The maximum atomic E-state index is 14.2. The lowest BCUT2D eigenvalue weighted by Crippen LogP contribution is -2.56.